The van der Waals surface area contributed by atoms with Crippen molar-refractivity contribution in [2.75, 3.05) is 6.54 Å². The summed E-state index contributed by atoms with van der Waals surface area (Å²) in [5.41, 5.74) is 2.95. The molecule has 21 heavy (non-hydrogen) atoms. The molecular weight excluding hydrogens is 254 g/mol. The molecular formula is C20H33N. The van der Waals surface area contributed by atoms with Crippen molar-refractivity contribution < 1.29 is 0 Å². The van der Waals surface area contributed by atoms with Gasteiger partial charge in [-0.15, -0.1) is 0 Å². The number of hydrogen-bond acceptors (Lipinski definition) is 1. The molecule has 0 radical (unpaired) electrons. The molecule has 1 aromatic carbocycles. The van der Waals surface area contributed by atoms with Crippen molar-refractivity contribution in [1.82, 2.24) is 5.32 Å². The Morgan fingerprint density at radius 2 is 1.76 bits per heavy atom. The SMILES string of the molecule is CCCNC(Cc1ccc(CC)cc1)C1CCC(CC)C1. The van der Waals surface area contributed by atoms with Crippen LogP contribution in [-0.4, -0.2) is 12.6 Å². The van der Waals surface area contributed by atoms with Crippen LogP contribution in [0, 0.1) is 11.8 Å². The third-order valence-corrected chi connectivity index (χ3v) is 5.27. The first-order valence-electron chi connectivity index (χ1n) is 9.07. The fourth-order valence-electron chi connectivity index (χ4n) is 3.75. The lowest BCUT2D eigenvalue weighted by molar-refractivity contribution is 0.344. The fourth-order valence-corrected chi connectivity index (χ4v) is 3.75. The van der Waals surface area contributed by atoms with Gasteiger partial charge in [-0.2, -0.15) is 0 Å². The van der Waals surface area contributed by atoms with Crippen LogP contribution in [0.15, 0.2) is 24.3 Å². The van der Waals surface area contributed by atoms with Gasteiger partial charge in [-0.1, -0.05) is 57.9 Å². The van der Waals surface area contributed by atoms with Gasteiger partial charge < -0.3 is 5.32 Å². The van der Waals surface area contributed by atoms with Crippen LogP contribution < -0.4 is 5.32 Å². The number of nitrogens with one attached hydrogen (secondary N) is 1. The average Bonchev–Trinajstić information content (AvgIpc) is 3.01. The Balaban J connectivity index is 1.98. The second-order valence-electron chi connectivity index (χ2n) is 6.78. The van der Waals surface area contributed by atoms with Crippen molar-refractivity contribution in [3.05, 3.63) is 35.4 Å². The molecule has 0 saturated heterocycles. The quantitative estimate of drug-likeness (QED) is 0.710. The minimum absolute atomic E-state index is 0.675. The number of aryl methyl sites for hydroxylation is 1. The van der Waals surface area contributed by atoms with Gasteiger partial charge in [0.1, 0.15) is 0 Å². The molecule has 1 nitrogen and oxygen atoms in total. The van der Waals surface area contributed by atoms with E-state index >= 15 is 0 Å². The Morgan fingerprint density at radius 3 is 2.33 bits per heavy atom. The molecule has 1 aliphatic carbocycles. The standard InChI is InChI=1S/C20H33N/c1-4-13-21-20(19-12-11-17(6-3)14-19)15-18-9-7-16(5-2)8-10-18/h7-10,17,19-21H,4-6,11-15H2,1-3H3. The zero-order chi connectivity index (χ0) is 15.1. The normalized spacial score (nSPS) is 23.4. The minimum atomic E-state index is 0.675. The Kier molecular flexibility index (Phi) is 6.76. The fraction of sp³-hybridized carbons (Fsp3) is 0.700. The summed E-state index contributed by atoms with van der Waals surface area (Å²) >= 11 is 0. The predicted molar refractivity (Wildman–Crippen MR) is 92.7 cm³/mol. The zero-order valence-corrected chi connectivity index (χ0v) is 14.2. The van der Waals surface area contributed by atoms with Crippen molar-refractivity contribution in [2.24, 2.45) is 11.8 Å². The van der Waals surface area contributed by atoms with E-state index in [1.807, 2.05) is 0 Å². The topological polar surface area (TPSA) is 12.0 Å². The van der Waals surface area contributed by atoms with Gasteiger partial charge in [-0.3, -0.25) is 0 Å². The van der Waals surface area contributed by atoms with Crippen LogP contribution in [0.25, 0.3) is 0 Å². The van der Waals surface area contributed by atoms with Gasteiger partial charge in [-0.25, -0.2) is 0 Å². The number of hydrogen-bond donors (Lipinski definition) is 1. The lowest BCUT2D eigenvalue weighted by Crippen LogP contribution is -2.37. The second-order valence-corrected chi connectivity index (χ2v) is 6.78. The molecule has 1 aromatic rings. The average molecular weight is 287 g/mol. The molecule has 0 amide bonds. The first-order valence-corrected chi connectivity index (χ1v) is 9.07. The zero-order valence-electron chi connectivity index (χ0n) is 14.2. The highest BCUT2D eigenvalue weighted by Gasteiger charge is 2.29. The number of rotatable bonds is 8. The first-order chi connectivity index (χ1) is 10.3. The van der Waals surface area contributed by atoms with Crippen LogP contribution in [0.5, 0.6) is 0 Å². The summed E-state index contributed by atoms with van der Waals surface area (Å²) in [5.74, 6) is 1.86. The van der Waals surface area contributed by atoms with E-state index < -0.39 is 0 Å². The maximum atomic E-state index is 3.83. The van der Waals surface area contributed by atoms with Crippen molar-refractivity contribution >= 4 is 0 Å². The molecule has 3 unspecified atom stereocenters. The third kappa shape index (κ3) is 4.85. The Morgan fingerprint density at radius 1 is 1.05 bits per heavy atom. The molecule has 3 atom stereocenters. The highest BCUT2D eigenvalue weighted by molar-refractivity contribution is 5.23. The Labute approximate surface area is 131 Å². The molecule has 0 aromatic heterocycles. The molecule has 0 heterocycles. The maximum absolute atomic E-state index is 3.83. The summed E-state index contributed by atoms with van der Waals surface area (Å²) in [6.45, 7) is 8.00. The van der Waals surface area contributed by atoms with Crippen LogP contribution in [0.2, 0.25) is 0 Å². The molecule has 1 saturated carbocycles. The largest absolute Gasteiger partial charge is 0.313 e. The van der Waals surface area contributed by atoms with E-state index in [-0.39, 0.29) is 0 Å². The van der Waals surface area contributed by atoms with Gasteiger partial charge in [0.25, 0.3) is 0 Å². The van der Waals surface area contributed by atoms with Gasteiger partial charge >= 0.3 is 0 Å². The summed E-state index contributed by atoms with van der Waals surface area (Å²) < 4.78 is 0. The van der Waals surface area contributed by atoms with Gasteiger partial charge in [-0.05, 0) is 61.6 Å². The highest BCUT2D eigenvalue weighted by Crippen LogP contribution is 2.35. The predicted octanol–water partition coefficient (Wildman–Crippen LogP) is 4.99. The van der Waals surface area contributed by atoms with E-state index in [4.69, 9.17) is 0 Å². The van der Waals surface area contributed by atoms with Gasteiger partial charge in [0, 0.05) is 6.04 Å². The van der Waals surface area contributed by atoms with E-state index in [1.165, 1.54) is 49.7 Å². The van der Waals surface area contributed by atoms with Gasteiger partial charge in [0.2, 0.25) is 0 Å². The van der Waals surface area contributed by atoms with Crippen LogP contribution in [0.1, 0.15) is 64.0 Å². The third-order valence-electron chi connectivity index (χ3n) is 5.27. The van der Waals surface area contributed by atoms with E-state index in [9.17, 15) is 0 Å². The smallest absolute Gasteiger partial charge is 0.0136 e. The van der Waals surface area contributed by atoms with Gasteiger partial charge in [0.05, 0.1) is 0 Å². The summed E-state index contributed by atoms with van der Waals surface area (Å²) in [6, 6.07) is 9.96. The molecule has 1 aliphatic rings. The van der Waals surface area contributed by atoms with E-state index in [0.29, 0.717) is 6.04 Å². The molecule has 2 rings (SSSR count). The van der Waals surface area contributed by atoms with Crippen LogP contribution in [0.4, 0.5) is 0 Å². The molecule has 0 spiro atoms. The summed E-state index contributed by atoms with van der Waals surface area (Å²) in [7, 11) is 0. The molecule has 0 aliphatic heterocycles. The van der Waals surface area contributed by atoms with Crippen LogP contribution >= 0.6 is 0 Å². The highest BCUT2D eigenvalue weighted by atomic mass is 14.9. The van der Waals surface area contributed by atoms with Crippen molar-refractivity contribution in [3.63, 3.8) is 0 Å². The van der Waals surface area contributed by atoms with Crippen LogP contribution in [-0.2, 0) is 12.8 Å². The number of benzene rings is 1. The lowest BCUT2D eigenvalue weighted by Gasteiger charge is -2.25. The van der Waals surface area contributed by atoms with E-state index in [1.54, 1.807) is 0 Å². The monoisotopic (exact) mass is 287 g/mol. The van der Waals surface area contributed by atoms with Crippen molar-refractivity contribution in [1.29, 1.82) is 0 Å². The van der Waals surface area contributed by atoms with Gasteiger partial charge in [0.15, 0.2) is 0 Å². The molecule has 1 N–H and O–H groups in total. The minimum Gasteiger partial charge on any atom is -0.313 e. The Bertz CT molecular complexity index is 395. The summed E-state index contributed by atoms with van der Waals surface area (Å²) in [5, 5.41) is 3.83. The van der Waals surface area contributed by atoms with E-state index in [2.05, 4.69) is 50.4 Å². The first kappa shape index (κ1) is 16.5. The second kappa shape index (κ2) is 8.58. The Hall–Kier alpha value is -0.820. The molecule has 0 bridgehead atoms. The van der Waals surface area contributed by atoms with E-state index in [0.717, 1.165) is 24.8 Å². The van der Waals surface area contributed by atoms with Crippen molar-refractivity contribution in [2.45, 2.75) is 71.8 Å². The maximum Gasteiger partial charge on any atom is 0.0136 e. The van der Waals surface area contributed by atoms with Crippen molar-refractivity contribution in [3.8, 4) is 0 Å². The lowest BCUT2D eigenvalue weighted by atomic mass is 9.90. The molecule has 1 fully saturated rings. The van der Waals surface area contributed by atoms with Crippen LogP contribution in [0.3, 0.4) is 0 Å². The summed E-state index contributed by atoms with van der Waals surface area (Å²) in [6.07, 6.45) is 9.24. The molecule has 1 heteroatoms. The molecule has 118 valence electrons. The summed E-state index contributed by atoms with van der Waals surface area (Å²) in [4.78, 5) is 0.